The van der Waals surface area contributed by atoms with Gasteiger partial charge < -0.3 is 19.7 Å². The minimum atomic E-state index is -0.692. The molecule has 0 bridgehead atoms. The number of hydrogen-bond acceptors (Lipinski definition) is 5. The molecular weight excluding hydrogens is 234 g/mol. The van der Waals surface area contributed by atoms with Gasteiger partial charge in [-0.25, -0.2) is 0 Å². The average molecular weight is 255 g/mol. The molecule has 1 unspecified atom stereocenters. The first-order valence-electron chi connectivity index (χ1n) is 6.04. The topological polar surface area (TPSA) is 71.0 Å². The molecule has 0 heterocycles. The van der Waals surface area contributed by atoms with Gasteiger partial charge in [-0.15, -0.1) is 0 Å². The molecule has 0 fully saturated rings. The molecule has 1 aromatic carbocycles. The molecule has 0 aromatic heterocycles. The third-order valence-electron chi connectivity index (χ3n) is 2.27. The minimum Gasteiger partial charge on any atom is -0.394 e. The second kappa shape index (κ2) is 9.99. The van der Waals surface area contributed by atoms with Gasteiger partial charge in [0.25, 0.3) is 0 Å². The molecule has 0 radical (unpaired) electrons. The molecule has 0 saturated carbocycles. The first kappa shape index (κ1) is 15.1. The highest BCUT2D eigenvalue weighted by Crippen LogP contribution is 1.97. The van der Waals surface area contributed by atoms with E-state index < -0.39 is 6.23 Å². The zero-order chi connectivity index (χ0) is 13.1. The highest BCUT2D eigenvalue weighted by atomic mass is 16.5. The molecule has 5 nitrogen and oxygen atoms in total. The fourth-order valence-electron chi connectivity index (χ4n) is 1.37. The monoisotopic (exact) mass is 255 g/mol. The number of nitrogens with one attached hydrogen (secondary N) is 1. The molecule has 1 rings (SSSR count). The van der Waals surface area contributed by atoms with Gasteiger partial charge in [0.05, 0.1) is 33.0 Å². The van der Waals surface area contributed by atoms with Crippen molar-refractivity contribution in [2.24, 2.45) is 0 Å². The summed E-state index contributed by atoms with van der Waals surface area (Å²) in [5.74, 6) is 0. The van der Waals surface area contributed by atoms with E-state index in [4.69, 9.17) is 14.6 Å². The van der Waals surface area contributed by atoms with Crippen LogP contribution in [0.15, 0.2) is 30.3 Å². The lowest BCUT2D eigenvalue weighted by molar-refractivity contribution is -0.0124. The third-order valence-corrected chi connectivity index (χ3v) is 2.27. The summed E-state index contributed by atoms with van der Waals surface area (Å²) in [5, 5.41) is 21.0. The first-order chi connectivity index (χ1) is 8.83. The number of rotatable bonds is 10. The van der Waals surface area contributed by atoms with Crippen LogP contribution in [0.3, 0.4) is 0 Å². The van der Waals surface area contributed by atoms with Crippen molar-refractivity contribution >= 4 is 0 Å². The molecule has 1 atom stereocenters. The Morgan fingerprint density at radius 1 is 1.06 bits per heavy atom. The number of benzene rings is 1. The Hall–Kier alpha value is -0.980. The molecule has 0 spiro atoms. The van der Waals surface area contributed by atoms with Crippen molar-refractivity contribution in [1.29, 1.82) is 0 Å². The van der Waals surface area contributed by atoms with Crippen molar-refractivity contribution in [2.45, 2.75) is 12.8 Å². The van der Waals surface area contributed by atoms with Crippen molar-refractivity contribution in [3.05, 3.63) is 35.9 Å². The van der Waals surface area contributed by atoms with Crippen LogP contribution < -0.4 is 5.32 Å². The summed E-state index contributed by atoms with van der Waals surface area (Å²) in [4.78, 5) is 0. The van der Waals surface area contributed by atoms with Crippen LogP contribution in [0.4, 0.5) is 0 Å². The SMILES string of the molecule is OCCOCCOCC(O)NCc1ccccc1. The Kier molecular flexibility index (Phi) is 8.37. The molecule has 0 saturated heterocycles. The van der Waals surface area contributed by atoms with Crippen molar-refractivity contribution in [2.75, 3.05) is 33.0 Å². The summed E-state index contributed by atoms with van der Waals surface area (Å²) in [6.07, 6.45) is -0.692. The Morgan fingerprint density at radius 2 is 1.78 bits per heavy atom. The van der Waals surface area contributed by atoms with Gasteiger partial charge in [0.1, 0.15) is 6.23 Å². The smallest absolute Gasteiger partial charge is 0.128 e. The van der Waals surface area contributed by atoms with Gasteiger partial charge in [-0.3, -0.25) is 5.32 Å². The maximum Gasteiger partial charge on any atom is 0.128 e. The van der Waals surface area contributed by atoms with Crippen LogP contribution in [0.5, 0.6) is 0 Å². The maximum atomic E-state index is 9.60. The molecule has 102 valence electrons. The lowest BCUT2D eigenvalue weighted by Crippen LogP contribution is -2.33. The zero-order valence-electron chi connectivity index (χ0n) is 10.4. The molecule has 0 aliphatic carbocycles. The summed E-state index contributed by atoms with van der Waals surface area (Å²) in [6, 6.07) is 9.85. The van der Waals surface area contributed by atoms with Crippen molar-refractivity contribution in [3.8, 4) is 0 Å². The van der Waals surface area contributed by atoms with Crippen LogP contribution in [0.2, 0.25) is 0 Å². The van der Waals surface area contributed by atoms with Gasteiger partial charge in [0, 0.05) is 6.54 Å². The number of aliphatic hydroxyl groups is 2. The van der Waals surface area contributed by atoms with Crippen LogP contribution in [-0.4, -0.2) is 49.5 Å². The molecule has 1 aromatic rings. The lowest BCUT2D eigenvalue weighted by Gasteiger charge is -2.13. The van der Waals surface area contributed by atoms with Crippen molar-refractivity contribution in [3.63, 3.8) is 0 Å². The van der Waals surface area contributed by atoms with Gasteiger partial charge in [-0.1, -0.05) is 30.3 Å². The van der Waals surface area contributed by atoms with E-state index in [0.29, 0.717) is 26.4 Å². The largest absolute Gasteiger partial charge is 0.394 e. The van der Waals surface area contributed by atoms with Crippen LogP contribution in [0.25, 0.3) is 0 Å². The van der Waals surface area contributed by atoms with E-state index in [9.17, 15) is 5.11 Å². The highest BCUT2D eigenvalue weighted by Gasteiger charge is 2.02. The zero-order valence-corrected chi connectivity index (χ0v) is 10.4. The van der Waals surface area contributed by atoms with E-state index in [2.05, 4.69) is 5.32 Å². The standard InChI is InChI=1S/C13H21NO4/c15-6-7-17-8-9-18-11-13(16)14-10-12-4-2-1-3-5-12/h1-5,13-16H,6-11H2. The van der Waals surface area contributed by atoms with E-state index >= 15 is 0 Å². The van der Waals surface area contributed by atoms with Crippen LogP contribution >= 0.6 is 0 Å². The predicted octanol–water partition coefficient (Wildman–Crippen LogP) is 0.120. The van der Waals surface area contributed by atoms with Crippen LogP contribution in [-0.2, 0) is 16.0 Å². The van der Waals surface area contributed by atoms with Gasteiger partial charge in [-0.2, -0.15) is 0 Å². The summed E-state index contributed by atoms with van der Waals surface area (Å²) in [5.41, 5.74) is 1.11. The summed E-state index contributed by atoms with van der Waals surface area (Å²) < 4.78 is 10.2. The van der Waals surface area contributed by atoms with E-state index in [1.54, 1.807) is 0 Å². The van der Waals surface area contributed by atoms with Crippen molar-refractivity contribution < 1.29 is 19.7 Å². The lowest BCUT2D eigenvalue weighted by atomic mass is 10.2. The van der Waals surface area contributed by atoms with E-state index in [0.717, 1.165) is 5.56 Å². The molecule has 5 heteroatoms. The van der Waals surface area contributed by atoms with Gasteiger partial charge in [0.15, 0.2) is 0 Å². The summed E-state index contributed by atoms with van der Waals surface area (Å²) >= 11 is 0. The fraction of sp³-hybridized carbons (Fsp3) is 0.538. The quantitative estimate of drug-likeness (QED) is 0.409. The Morgan fingerprint density at radius 3 is 2.50 bits per heavy atom. The Bertz CT molecular complexity index is 294. The summed E-state index contributed by atoms with van der Waals surface area (Å²) in [6.45, 7) is 1.98. The van der Waals surface area contributed by atoms with Crippen LogP contribution in [0, 0.1) is 0 Å². The minimum absolute atomic E-state index is 0.0151. The van der Waals surface area contributed by atoms with Crippen molar-refractivity contribution in [1.82, 2.24) is 5.32 Å². The second-order valence-electron chi connectivity index (χ2n) is 3.79. The molecule has 0 amide bonds. The van der Waals surface area contributed by atoms with E-state index in [1.165, 1.54) is 0 Å². The highest BCUT2D eigenvalue weighted by molar-refractivity contribution is 5.14. The van der Waals surface area contributed by atoms with Crippen LogP contribution in [0.1, 0.15) is 5.56 Å². The average Bonchev–Trinajstić information content (AvgIpc) is 2.41. The molecule has 0 aliphatic heterocycles. The van der Waals surface area contributed by atoms with E-state index in [1.807, 2.05) is 30.3 Å². The Balaban J connectivity index is 1.99. The summed E-state index contributed by atoms with van der Waals surface area (Å²) in [7, 11) is 0. The maximum absolute atomic E-state index is 9.60. The fourth-order valence-corrected chi connectivity index (χ4v) is 1.37. The van der Waals surface area contributed by atoms with Gasteiger partial charge in [0.2, 0.25) is 0 Å². The number of aliphatic hydroxyl groups excluding tert-OH is 2. The molecule has 18 heavy (non-hydrogen) atoms. The molecule has 0 aliphatic rings. The van der Waals surface area contributed by atoms with Gasteiger partial charge in [-0.05, 0) is 5.56 Å². The predicted molar refractivity (Wildman–Crippen MR) is 68.0 cm³/mol. The molecular formula is C13H21NO4. The first-order valence-corrected chi connectivity index (χ1v) is 6.04. The molecule has 3 N–H and O–H groups in total. The normalized spacial score (nSPS) is 12.6. The Labute approximate surface area is 107 Å². The second-order valence-corrected chi connectivity index (χ2v) is 3.79. The number of ether oxygens (including phenoxy) is 2. The van der Waals surface area contributed by atoms with Gasteiger partial charge >= 0.3 is 0 Å². The van der Waals surface area contributed by atoms with E-state index in [-0.39, 0.29) is 13.2 Å². The third kappa shape index (κ3) is 7.37. The number of hydrogen-bond donors (Lipinski definition) is 3.